The maximum atomic E-state index is 5.04. The normalized spacial score (nSPS) is 7.78. The van der Waals surface area contributed by atoms with Crippen molar-refractivity contribution in [1.82, 2.24) is 0 Å². The fourth-order valence-electron chi connectivity index (χ4n) is 0.411. The molecule has 0 aliphatic heterocycles. The van der Waals surface area contributed by atoms with Crippen LogP contribution in [-0.4, -0.2) is 8.80 Å². The predicted molar refractivity (Wildman–Crippen MR) is 44.7 cm³/mol. The molecule has 0 rings (SSSR count). The number of hydrogen-bond acceptors (Lipinski definition) is 0. The summed E-state index contributed by atoms with van der Waals surface area (Å²) in [6.45, 7) is 4.42. The third kappa shape index (κ3) is 7.34. The summed E-state index contributed by atoms with van der Waals surface area (Å²) < 4.78 is 0. The van der Waals surface area contributed by atoms with E-state index in [0.29, 0.717) is 0 Å². The summed E-state index contributed by atoms with van der Waals surface area (Å²) in [5.74, 6) is 5.61. The van der Waals surface area contributed by atoms with E-state index in [2.05, 4.69) is 30.5 Å². The van der Waals surface area contributed by atoms with Crippen LogP contribution in [0.15, 0.2) is 0 Å². The molecule has 48 valence electrons. The Morgan fingerprint density at radius 2 is 2.00 bits per heavy atom. The van der Waals surface area contributed by atoms with Crippen molar-refractivity contribution in [2.45, 2.75) is 25.9 Å². The summed E-state index contributed by atoms with van der Waals surface area (Å²) in [7, 11) is -0.643. The number of unbranched alkanes of at least 4 members (excludes halogenated alkanes) is 1. The van der Waals surface area contributed by atoms with Gasteiger partial charge < -0.3 is 0 Å². The maximum absolute atomic E-state index is 5.04. The van der Waals surface area contributed by atoms with Gasteiger partial charge in [-0.05, 0) is 0 Å². The van der Waals surface area contributed by atoms with Gasteiger partial charge in [0.2, 0.25) is 0 Å². The monoisotopic (exact) mass is 136 g/mol. The molecule has 0 heterocycles. The van der Waals surface area contributed by atoms with Gasteiger partial charge in [-0.15, -0.1) is 23.8 Å². The minimum atomic E-state index is -0.643. The molecular weight excluding hydrogens is 124 g/mol. The minimum Gasteiger partial charge on any atom is -0.136 e. The van der Waals surface area contributed by atoms with Crippen LogP contribution in [0.25, 0.3) is 0 Å². The van der Waals surface area contributed by atoms with Crippen molar-refractivity contribution < 1.29 is 0 Å². The second kappa shape index (κ2) is 5.47. The lowest BCUT2D eigenvalue weighted by Gasteiger charge is -1.83. The molecule has 0 fully saturated rings. The van der Waals surface area contributed by atoms with Crippen molar-refractivity contribution in [3.05, 3.63) is 0 Å². The molecule has 9 heavy (non-hydrogen) atoms. The van der Waals surface area contributed by atoms with E-state index in [1.165, 1.54) is 0 Å². The highest BCUT2D eigenvalue weighted by molar-refractivity contribution is 6.64. The summed E-state index contributed by atoms with van der Waals surface area (Å²) in [5.41, 5.74) is 3.17. The molecule has 0 bridgehead atoms. The van der Waals surface area contributed by atoms with E-state index in [9.17, 15) is 0 Å². The Bertz CT molecular complexity index is 152. The minimum absolute atomic E-state index is 0.643. The predicted octanol–water partition coefficient (Wildman–Crippen LogP) is 1.43. The van der Waals surface area contributed by atoms with E-state index >= 15 is 0 Å². The summed E-state index contributed by atoms with van der Waals surface area (Å²) >= 11 is 0. The van der Waals surface area contributed by atoms with E-state index in [-0.39, 0.29) is 0 Å². The SMILES string of the molecule is C#CCCC#C[SiH](C)C. The molecule has 0 spiro atoms. The molecule has 0 saturated carbocycles. The molecule has 0 radical (unpaired) electrons. The molecular formula is C8H12Si. The highest BCUT2D eigenvalue weighted by Gasteiger charge is 1.82. The van der Waals surface area contributed by atoms with Crippen LogP contribution in [0, 0.1) is 23.8 Å². The van der Waals surface area contributed by atoms with E-state index in [4.69, 9.17) is 6.42 Å². The van der Waals surface area contributed by atoms with Crippen LogP contribution in [-0.2, 0) is 0 Å². The van der Waals surface area contributed by atoms with E-state index in [0.717, 1.165) is 12.8 Å². The number of terminal acetylenes is 1. The van der Waals surface area contributed by atoms with Gasteiger partial charge in [0, 0.05) is 12.8 Å². The summed E-state index contributed by atoms with van der Waals surface area (Å²) in [4.78, 5) is 0. The standard InChI is InChI=1S/C8H12Si/c1-4-5-6-7-8-9(2)3/h1,9H,5-6H2,2-3H3. The first-order valence-electron chi connectivity index (χ1n) is 3.19. The third-order valence-corrected chi connectivity index (χ3v) is 1.57. The lowest BCUT2D eigenvalue weighted by atomic mass is 10.3. The zero-order valence-corrected chi connectivity index (χ0v) is 7.22. The van der Waals surface area contributed by atoms with Crippen molar-refractivity contribution >= 4 is 8.80 Å². The second-order valence-electron chi connectivity index (χ2n) is 2.18. The van der Waals surface area contributed by atoms with E-state index < -0.39 is 8.80 Å². The zero-order chi connectivity index (χ0) is 7.11. The van der Waals surface area contributed by atoms with Crippen molar-refractivity contribution in [3.63, 3.8) is 0 Å². The maximum Gasteiger partial charge on any atom is 0.116 e. The first kappa shape index (κ1) is 8.34. The van der Waals surface area contributed by atoms with E-state index in [1.54, 1.807) is 0 Å². The van der Waals surface area contributed by atoms with Gasteiger partial charge in [0.1, 0.15) is 8.80 Å². The van der Waals surface area contributed by atoms with Gasteiger partial charge in [0.25, 0.3) is 0 Å². The summed E-state index contributed by atoms with van der Waals surface area (Å²) in [5, 5.41) is 0. The average molecular weight is 136 g/mol. The Balaban J connectivity index is 3.29. The summed E-state index contributed by atoms with van der Waals surface area (Å²) in [6, 6.07) is 0. The van der Waals surface area contributed by atoms with Gasteiger partial charge in [-0.2, -0.15) is 0 Å². The summed E-state index contributed by atoms with van der Waals surface area (Å²) in [6.07, 6.45) is 6.72. The first-order chi connectivity index (χ1) is 4.27. The Kier molecular flexibility index (Phi) is 5.07. The molecule has 1 heteroatoms. The molecule has 0 aromatic rings. The molecule has 0 atom stereocenters. The van der Waals surface area contributed by atoms with Gasteiger partial charge in [0.15, 0.2) is 0 Å². The van der Waals surface area contributed by atoms with Gasteiger partial charge in [-0.3, -0.25) is 0 Å². The smallest absolute Gasteiger partial charge is 0.116 e. The molecule has 0 aromatic carbocycles. The second-order valence-corrected chi connectivity index (χ2v) is 4.78. The van der Waals surface area contributed by atoms with Crippen LogP contribution in [0.2, 0.25) is 13.1 Å². The molecule has 0 N–H and O–H groups in total. The molecule has 0 nitrogen and oxygen atoms in total. The van der Waals surface area contributed by atoms with Gasteiger partial charge in [-0.25, -0.2) is 0 Å². The Labute approximate surface area is 59.3 Å². The highest BCUT2D eigenvalue weighted by atomic mass is 28.3. The molecule has 0 aromatic heterocycles. The highest BCUT2D eigenvalue weighted by Crippen LogP contribution is 1.82. The Morgan fingerprint density at radius 3 is 2.44 bits per heavy atom. The fraction of sp³-hybridized carbons (Fsp3) is 0.500. The van der Waals surface area contributed by atoms with Crippen LogP contribution >= 0.6 is 0 Å². The van der Waals surface area contributed by atoms with Crippen molar-refractivity contribution in [3.8, 4) is 23.8 Å². The quantitative estimate of drug-likeness (QED) is 0.290. The Morgan fingerprint density at radius 1 is 1.33 bits per heavy atom. The van der Waals surface area contributed by atoms with Crippen LogP contribution in [0.4, 0.5) is 0 Å². The van der Waals surface area contributed by atoms with Crippen molar-refractivity contribution in [2.75, 3.05) is 0 Å². The van der Waals surface area contributed by atoms with Crippen LogP contribution in [0.1, 0.15) is 12.8 Å². The zero-order valence-electron chi connectivity index (χ0n) is 6.07. The van der Waals surface area contributed by atoms with Gasteiger partial charge >= 0.3 is 0 Å². The average Bonchev–Trinajstić information content (AvgIpc) is 1.80. The van der Waals surface area contributed by atoms with Crippen LogP contribution in [0.5, 0.6) is 0 Å². The van der Waals surface area contributed by atoms with E-state index in [1.807, 2.05) is 0 Å². The van der Waals surface area contributed by atoms with Crippen LogP contribution in [0.3, 0.4) is 0 Å². The fourth-order valence-corrected chi connectivity index (χ4v) is 0.964. The van der Waals surface area contributed by atoms with Gasteiger partial charge in [0.05, 0.1) is 0 Å². The largest absolute Gasteiger partial charge is 0.136 e. The van der Waals surface area contributed by atoms with Crippen molar-refractivity contribution in [1.29, 1.82) is 0 Å². The molecule has 0 amide bonds. The van der Waals surface area contributed by atoms with Crippen LogP contribution < -0.4 is 0 Å². The molecule has 0 saturated heterocycles. The topological polar surface area (TPSA) is 0 Å². The lowest BCUT2D eigenvalue weighted by molar-refractivity contribution is 1.12. The molecule has 0 aliphatic rings. The third-order valence-electron chi connectivity index (χ3n) is 0.785. The molecule has 0 aliphatic carbocycles. The number of rotatable bonds is 1. The van der Waals surface area contributed by atoms with Gasteiger partial charge in [-0.1, -0.05) is 13.1 Å². The van der Waals surface area contributed by atoms with Crippen molar-refractivity contribution in [2.24, 2.45) is 0 Å². The lowest BCUT2D eigenvalue weighted by Crippen LogP contribution is -1.92. The number of hydrogen-bond donors (Lipinski definition) is 0. The molecule has 0 unspecified atom stereocenters. The first-order valence-corrected chi connectivity index (χ1v) is 6.08. The Hall–Kier alpha value is -0.663.